The van der Waals surface area contributed by atoms with Gasteiger partial charge < -0.3 is 14.3 Å². The molecule has 0 saturated carbocycles. The topological polar surface area (TPSA) is 57.1 Å². The Morgan fingerprint density at radius 1 is 1.20 bits per heavy atom. The monoisotopic (exact) mass is 275 g/mol. The molecule has 0 bridgehead atoms. The lowest BCUT2D eigenvalue weighted by atomic mass is 10.1. The predicted octanol–water partition coefficient (Wildman–Crippen LogP) is 2.80. The molecule has 0 amide bonds. The van der Waals surface area contributed by atoms with Gasteiger partial charge in [-0.1, -0.05) is 11.2 Å². The van der Waals surface area contributed by atoms with Crippen LogP contribution in [0.15, 0.2) is 28.9 Å². The minimum absolute atomic E-state index is 0.436. The number of hydrogen-bond acceptors (Lipinski definition) is 5. The van der Waals surface area contributed by atoms with Crippen LogP contribution in [0.5, 0.6) is 11.5 Å². The molecule has 106 valence electrons. The van der Waals surface area contributed by atoms with E-state index in [1.165, 1.54) is 0 Å². The molecule has 0 spiro atoms. The first kappa shape index (κ1) is 14.1. The molecule has 5 heteroatoms. The van der Waals surface area contributed by atoms with Gasteiger partial charge in [0.05, 0.1) is 24.5 Å². The van der Waals surface area contributed by atoms with Crippen LogP contribution in [0.2, 0.25) is 0 Å². The maximum atomic E-state index is 11.5. The highest BCUT2D eigenvalue weighted by Gasteiger charge is 2.21. The summed E-state index contributed by atoms with van der Waals surface area (Å²) >= 11 is 0. The summed E-state index contributed by atoms with van der Waals surface area (Å²) in [4.78, 5) is 16.1. The molecule has 0 N–H and O–H groups in total. The van der Waals surface area contributed by atoms with E-state index in [2.05, 4.69) is 9.99 Å². The van der Waals surface area contributed by atoms with Crippen molar-refractivity contribution < 1.29 is 19.1 Å². The summed E-state index contributed by atoms with van der Waals surface area (Å²) in [5.41, 5.74) is 1.86. The van der Waals surface area contributed by atoms with E-state index in [0.717, 1.165) is 5.56 Å². The molecule has 1 aromatic carbocycles. The van der Waals surface area contributed by atoms with Crippen molar-refractivity contribution >= 4 is 17.8 Å². The van der Waals surface area contributed by atoms with E-state index in [9.17, 15) is 4.79 Å². The van der Waals surface area contributed by atoms with E-state index in [0.29, 0.717) is 36.0 Å². The van der Waals surface area contributed by atoms with Gasteiger partial charge in [-0.25, -0.2) is 4.79 Å². The summed E-state index contributed by atoms with van der Waals surface area (Å²) in [7, 11) is 0. The van der Waals surface area contributed by atoms with Gasteiger partial charge in [-0.2, -0.15) is 0 Å². The summed E-state index contributed by atoms with van der Waals surface area (Å²) in [5, 5.41) is 3.64. The summed E-state index contributed by atoms with van der Waals surface area (Å²) in [6.07, 6.45) is 1.73. The molecular weight excluding hydrogens is 258 g/mol. The van der Waals surface area contributed by atoms with Crippen molar-refractivity contribution in [1.82, 2.24) is 0 Å². The number of ether oxygens (including phenoxy) is 2. The molecule has 1 aromatic rings. The van der Waals surface area contributed by atoms with Crippen molar-refractivity contribution in [2.24, 2.45) is 5.16 Å². The molecule has 1 aliphatic rings. The first-order chi connectivity index (χ1) is 9.65. The first-order valence-electron chi connectivity index (χ1n) is 6.53. The van der Waals surface area contributed by atoms with E-state index < -0.39 is 5.97 Å². The second kappa shape index (κ2) is 6.23. The molecule has 0 unspecified atom stereocenters. The van der Waals surface area contributed by atoms with E-state index >= 15 is 0 Å². The Labute approximate surface area is 117 Å². The highest BCUT2D eigenvalue weighted by molar-refractivity contribution is 6.24. The Hall–Kier alpha value is -2.30. The zero-order valence-electron chi connectivity index (χ0n) is 11.8. The Morgan fingerprint density at radius 3 is 2.50 bits per heavy atom. The number of benzene rings is 1. The van der Waals surface area contributed by atoms with Crippen molar-refractivity contribution in [3.05, 3.63) is 29.3 Å². The third kappa shape index (κ3) is 2.99. The average Bonchev–Trinajstić information content (AvgIpc) is 2.74. The maximum absolute atomic E-state index is 11.5. The van der Waals surface area contributed by atoms with Crippen LogP contribution in [0.3, 0.4) is 0 Å². The molecule has 0 atom stereocenters. The Balaban J connectivity index is 2.33. The normalized spacial score (nSPS) is 16.1. The highest BCUT2D eigenvalue weighted by Crippen LogP contribution is 2.29. The van der Waals surface area contributed by atoms with Gasteiger partial charge in [0.15, 0.2) is 11.5 Å². The zero-order chi connectivity index (χ0) is 14.5. The van der Waals surface area contributed by atoms with Crippen molar-refractivity contribution in [2.45, 2.75) is 20.8 Å². The standard InChI is InChI=1S/C15H17NO4/c1-4-18-13-7-6-11(9-14(13)19-5-2)8-12-10(3)16-20-15(12)17/h6-9H,4-5H2,1-3H3. The van der Waals surface area contributed by atoms with E-state index in [1.807, 2.05) is 32.0 Å². The predicted molar refractivity (Wildman–Crippen MR) is 76.0 cm³/mol. The second-order valence-electron chi connectivity index (χ2n) is 4.19. The zero-order valence-corrected chi connectivity index (χ0v) is 11.8. The summed E-state index contributed by atoms with van der Waals surface area (Å²) in [6, 6.07) is 5.52. The van der Waals surface area contributed by atoms with Crippen LogP contribution < -0.4 is 9.47 Å². The Kier molecular flexibility index (Phi) is 4.40. The summed E-state index contributed by atoms with van der Waals surface area (Å²) in [6.45, 7) is 6.67. The summed E-state index contributed by atoms with van der Waals surface area (Å²) < 4.78 is 11.0. The fraction of sp³-hybridized carbons (Fsp3) is 0.333. The number of carbonyl (C=O) groups excluding carboxylic acids is 1. The SMILES string of the molecule is CCOc1ccc(C=C2C(=O)ON=C2C)cc1OCC. The Bertz CT molecular complexity index is 575. The number of nitrogens with zero attached hydrogens (tertiary/aromatic N) is 1. The van der Waals surface area contributed by atoms with E-state index in [1.54, 1.807) is 13.0 Å². The van der Waals surface area contributed by atoms with Gasteiger partial charge in [0.25, 0.3) is 0 Å². The van der Waals surface area contributed by atoms with E-state index in [-0.39, 0.29) is 0 Å². The molecule has 0 aromatic heterocycles. The minimum Gasteiger partial charge on any atom is -0.490 e. The van der Waals surface area contributed by atoms with Crippen LogP contribution in [-0.4, -0.2) is 24.9 Å². The lowest BCUT2D eigenvalue weighted by Crippen LogP contribution is -2.02. The lowest BCUT2D eigenvalue weighted by molar-refractivity contribution is -0.136. The average molecular weight is 275 g/mol. The smallest absolute Gasteiger partial charge is 0.367 e. The lowest BCUT2D eigenvalue weighted by Gasteiger charge is -2.11. The molecule has 0 saturated heterocycles. The minimum atomic E-state index is -0.436. The number of carbonyl (C=O) groups is 1. The van der Waals surface area contributed by atoms with Crippen LogP contribution in [0.25, 0.3) is 6.08 Å². The molecule has 0 aliphatic carbocycles. The van der Waals surface area contributed by atoms with Crippen molar-refractivity contribution in [1.29, 1.82) is 0 Å². The van der Waals surface area contributed by atoms with Crippen molar-refractivity contribution in [2.75, 3.05) is 13.2 Å². The van der Waals surface area contributed by atoms with Crippen molar-refractivity contribution in [3.63, 3.8) is 0 Å². The first-order valence-corrected chi connectivity index (χ1v) is 6.53. The fourth-order valence-electron chi connectivity index (χ4n) is 1.84. The largest absolute Gasteiger partial charge is 0.490 e. The molecule has 1 aliphatic heterocycles. The Morgan fingerprint density at radius 2 is 1.90 bits per heavy atom. The summed E-state index contributed by atoms with van der Waals surface area (Å²) in [5.74, 6) is 0.912. The third-order valence-electron chi connectivity index (χ3n) is 2.75. The third-order valence-corrected chi connectivity index (χ3v) is 2.75. The number of oxime groups is 1. The highest BCUT2D eigenvalue weighted by atomic mass is 16.7. The number of rotatable bonds is 5. The second-order valence-corrected chi connectivity index (χ2v) is 4.19. The van der Waals surface area contributed by atoms with Gasteiger partial charge >= 0.3 is 5.97 Å². The van der Waals surface area contributed by atoms with Crippen LogP contribution in [0.4, 0.5) is 0 Å². The fourth-order valence-corrected chi connectivity index (χ4v) is 1.84. The molecule has 2 rings (SSSR count). The molecular formula is C15H17NO4. The van der Waals surface area contributed by atoms with E-state index in [4.69, 9.17) is 9.47 Å². The van der Waals surface area contributed by atoms with Gasteiger partial charge in [0.1, 0.15) is 0 Å². The van der Waals surface area contributed by atoms with Crippen LogP contribution in [0.1, 0.15) is 26.3 Å². The van der Waals surface area contributed by atoms with Crippen molar-refractivity contribution in [3.8, 4) is 11.5 Å². The molecule has 0 fully saturated rings. The van der Waals surface area contributed by atoms with Gasteiger partial charge in [-0.15, -0.1) is 0 Å². The van der Waals surface area contributed by atoms with Gasteiger partial charge in [0.2, 0.25) is 0 Å². The van der Waals surface area contributed by atoms with Gasteiger partial charge in [-0.3, -0.25) is 0 Å². The molecule has 5 nitrogen and oxygen atoms in total. The van der Waals surface area contributed by atoms with Gasteiger partial charge in [0, 0.05) is 0 Å². The van der Waals surface area contributed by atoms with Gasteiger partial charge in [-0.05, 0) is 44.5 Å². The quantitative estimate of drug-likeness (QED) is 0.612. The van der Waals surface area contributed by atoms with Crippen LogP contribution in [0, 0.1) is 0 Å². The van der Waals surface area contributed by atoms with Crippen LogP contribution >= 0.6 is 0 Å². The molecule has 0 radical (unpaired) electrons. The van der Waals surface area contributed by atoms with Crippen LogP contribution in [-0.2, 0) is 9.63 Å². The molecule has 1 heterocycles. The molecule has 20 heavy (non-hydrogen) atoms. The number of hydrogen-bond donors (Lipinski definition) is 0. The maximum Gasteiger partial charge on any atom is 0.367 e.